The molecule has 1 amide bonds. The molecule has 0 spiro atoms. The maximum Gasteiger partial charge on any atom is 0.243 e. The second-order valence-corrected chi connectivity index (χ2v) is 7.74. The van der Waals surface area contributed by atoms with Gasteiger partial charge in [0.1, 0.15) is 0 Å². The molecule has 0 heterocycles. The molecule has 0 saturated carbocycles. The predicted octanol–water partition coefficient (Wildman–Crippen LogP) is 3.29. The van der Waals surface area contributed by atoms with Crippen LogP contribution < -0.4 is 10.6 Å². The van der Waals surface area contributed by atoms with Gasteiger partial charge in [-0.2, -0.15) is 0 Å². The van der Waals surface area contributed by atoms with E-state index < -0.39 is 9.84 Å². The Morgan fingerprint density at radius 1 is 0.920 bits per heavy atom. The molecule has 0 aliphatic rings. The number of fused-ring (bicyclic) bond motifs is 1. The van der Waals surface area contributed by atoms with Gasteiger partial charge in [0.2, 0.25) is 5.91 Å². The average Bonchev–Trinajstić information content (AvgIpc) is 2.59. The normalized spacial score (nSPS) is 11.2. The first-order valence-electron chi connectivity index (χ1n) is 7.75. The van der Waals surface area contributed by atoms with Gasteiger partial charge < -0.3 is 10.6 Å². The van der Waals surface area contributed by atoms with Gasteiger partial charge in [0.25, 0.3) is 0 Å². The molecule has 25 heavy (non-hydrogen) atoms. The summed E-state index contributed by atoms with van der Waals surface area (Å²) in [5, 5.41) is 8.03. The molecule has 0 aliphatic heterocycles. The zero-order valence-electron chi connectivity index (χ0n) is 13.7. The van der Waals surface area contributed by atoms with E-state index in [0.29, 0.717) is 5.69 Å². The highest BCUT2D eigenvalue weighted by Crippen LogP contribution is 2.22. The van der Waals surface area contributed by atoms with Crippen molar-refractivity contribution in [3.05, 3.63) is 66.7 Å². The van der Waals surface area contributed by atoms with Crippen LogP contribution in [0.4, 0.5) is 11.4 Å². The summed E-state index contributed by atoms with van der Waals surface area (Å²) >= 11 is 0. The van der Waals surface area contributed by atoms with Crippen LogP contribution >= 0.6 is 0 Å². The lowest BCUT2D eigenvalue weighted by Gasteiger charge is -2.10. The van der Waals surface area contributed by atoms with Crippen LogP contribution in [0.3, 0.4) is 0 Å². The zero-order valence-corrected chi connectivity index (χ0v) is 14.5. The number of carbonyl (C=O) groups excluding carboxylic acids is 1. The zero-order chi connectivity index (χ0) is 17.9. The van der Waals surface area contributed by atoms with E-state index >= 15 is 0 Å². The third-order valence-corrected chi connectivity index (χ3v) is 4.92. The van der Waals surface area contributed by atoms with Crippen molar-refractivity contribution in [2.75, 3.05) is 23.4 Å². The molecule has 0 atom stereocenters. The first-order valence-corrected chi connectivity index (χ1v) is 9.64. The molecule has 0 aliphatic carbocycles. The van der Waals surface area contributed by atoms with Gasteiger partial charge in [-0.1, -0.05) is 36.4 Å². The summed E-state index contributed by atoms with van der Waals surface area (Å²) < 4.78 is 22.9. The number of hydrogen-bond acceptors (Lipinski definition) is 4. The molecule has 0 aromatic heterocycles. The van der Waals surface area contributed by atoms with Crippen LogP contribution in [0.15, 0.2) is 71.6 Å². The number of carbonyl (C=O) groups is 1. The van der Waals surface area contributed by atoms with Crippen molar-refractivity contribution in [1.82, 2.24) is 0 Å². The first-order chi connectivity index (χ1) is 11.9. The van der Waals surface area contributed by atoms with Crippen molar-refractivity contribution in [2.45, 2.75) is 4.90 Å². The summed E-state index contributed by atoms with van der Waals surface area (Å²) in [6, 6.07) is 19.9. The van der Waals surface area contributed by atoms with E-state index in [2.05, 4.69) is 10.6 Å². The summed E-state index contributed by atoms with van der Waals surface area (Å²) in [5.41, 5.74) is 1.44. The van der Waals surface area contributed by atoms with Crippen molar-refractivity contribution < 1.29 is 13.2 Å². The molecule has 0 radical (unpaired) electrons. The SMILES string of the molecule is CS(=O)(=O)c1ccc(NC(=O)CNc2cccc3ccccc23)cc1. The van der Waals surface area contributed by atoms with Gasteiger partial charge in [0, 0.05) is 23.0 Å². The molecule has 3 aromatic carbocycles. The van der Waals surface area contributed by atoms with Crippen LogP contribution in [-0.4, -0.2) is 27.1 Å². The lowest BCUT2D eigenvalue weighted by molar-refractivity contribution is -0.114. The van der Waals surface area contributed by atoms with Crippen molar-refractivity contribution in [3.8, 4) is 0 Å². The average molecular weight is 354 g/mol. The molecule has 0 saturated heterocycles. The predicted molar refractivity (Wildman–Crippen MR) is 101 cm³/mol. The molecule has 5 nitrogen and oxygen atoms in total. The van der Waals surface area contributed by atoms with E-state index in [1.807, 2.05) is 42.5 Å². The van der Waals surface area contributed by atoms with Crippen LogP contribution in [0.2, 0.25) is 0 Å². The minimum atomic E-state index is -3.24. The Morgan fingerprint density at radius 3 is 2.32 bits per heavy atom. The van der Waals surface area contributed by atoms with Gasteiger partial charge in [-0.15, -0.1) is 0 Å². The Kier molecular flexibility index (Phi) is 4.72. The molecule has 6 heteroatoms. The van der Waals surface area contributed by atoms with E-state index in [1.165, 1.54) is 12.1 Å². The summed E-state index contributed by atoms with van der Waals surface area (Å²) in [7, 11) is -3.24. The number of amides is 1. The Hall–Kier alpha value is -2.86. The highest BCUT2D eigenvalue weighted by molar-refractivity contribution is 7.90. The number of rotatable bonds is 5. The number of sulfone groups is 1. The molecular formula is C19H18N2O3S. The first kappa shape index (κ1) is 17.0. The van der Waals surface area contributed by atoms with E-state index in [1.54, 1.807) is 12.1 Å². The second-order valence-electron chi connectivity index (χ2n) is 5.72. The summed E-state index contributed by atoms with van der Waals surface area (Å²) in [6.45, 7) is 0.113. The van der Waals surface area contributed by atoms with E-state index in [0.717, 1.165) is 22.7 Å². The third-order valence-electron chi connectivity index (χ3n) is 3.80. The highest BCUT2D eigenvalue weighted by atomic mass is 32.2. The van der Waals surface area contributed by atoms with Crippen LogP contribution in [0.1, 0.15) is 0 Å². The molecule has 128 valence electrons. The number of hydrogen-bond donors (Lipinski definition) is 2. The molecule has 3 rings (SSSR count). The fourth-order valence-electron chi connectivity index (χ4n) is 2.55. The molecule has 2 N–H and O–H groups in total. The van der Waals surface area contributed by atoms with Gasteiger partial charge in [-0.25, -0.2) is 8.42 Å². The fourth-order valence-corrected chi connectivity index (χ4v) is 3.18. The minimum Gasteiger partial charge on any atom is -0.376 e. The summed E-state index contributed by atoms with van der Waals surface area (Å²) in [6.07, 6.45) is 1.15. The van der Waals surface area contributed by atoms with Gasteiger partial charge >= 0.3 is 0 Å². The maximum atomic E-state index is 12.1. The topological polar surface area (TPSA) is 75.3 Å². The monoisotopic (exact) mass is 354 g/mol. The molecular weight excluding hydrogens is 336 g/mol. The standard InChI is InChI=1S/C19H18N2O3S/c1-25(23,24)16-11-9-15(10-12-16)21-19(22)13-20-18-8-4-6-14-5-2-3-7-17(14)18/h2-12,20H,13H2,1H3,(H,21,22). The fraction of sp³-hybridized carbons (Fsp3) is 0.105. The quantitative estimate of drug-likeness (QED) is 0.737. The largest absolute Gasteiger partial charge is 0.376 e. The third kappa shape index (κ3) is 4.16. The van der Waals surface area contributed by atoms with Gasteiger partial charge in [0.05, 0.1) is 11.4 Å². The number of anilines is 2. The van der Waals surface area contributed by atoms with Crippen LogP contribution in [0.25, 0.3) is 10.8 Å². The van der Waals surface area contributed by atoms with Crippen molar-refractivity contribution >= 4 is 37.9 Å². The molecule has 3 aromatic rings. The Balaban J connectivity index is 1.65. The van der Waals surface area contributed by atoms with Gasteiger partial charge in [-0.3, -0.25) is 4.79 Å². The Morgan fingerprint density at radius 2 is 1.60 bits per heavy atom. The summed E-state index contributed by atoms with van der Waals surface area (Å²) in [5.74, 6) is -0.208. The minimum absolute atomic E-state index is 0.113. The van der Waals surface area contributed by atoms with E-state index in [4.69, 9.17) is 0 Å². The highest BCUT2D eigenvalue weighted by Gasteiger charge is 2.08. The molecule has 0 bridgehead atoms. The van der Waals surface area contributed by atoms with Crippen molar-refractivity contribution in [2.24, 2.45) is 0 Å². The number of benzene rings is 3. The maximum absolute atomic E-state index is 12.1. The van der Waals surface area contributed by atoms with Crippen LogP contribution in [0, 0.1) is 0 Å². The van der Waals surface area contributed by atoms with Gasteiger partial charge in [-0.05, 0) is 35.7 Å². The van der Waals surface area contributed by atoms with E-state index in [-0.39, 0.29) is 17.3 Å². The van der Waals surface area contributed by atoms with Crippen LogP contribution in [0.5, 0.6) is 0 Å². The van der Waals surface area contributed by atoms with Crippen molar-refractivity contribution in [1.29, 1.82) is 0 Å². The van der Waals surface area contributed by atoms with Crippen molar-refractivity contribution in [3.63, 3.8) is 0 Å². The smallest absolute Gasteiger partial charge is 0.243 e. The Bertz CT molecular complexity index is 1010. The molecule has 0 unspecified atom stereocenters. The van der Waals surface area contributed by atoms with Gasteiger partial charge in [0.15, 0.2) is 9.84 Å². The lowest BCUT2D eigenvalue weighted by Crippen LogP contribution is -2.21. The number of nitrogens with one attached hydrogen (secondary N) is 2. The summed E-state index contributed by atoms with van der Waals surface area (Å²) in [4.78, 5) is 12.3. The van der Waals surface area contributed by atoms with E-state index in [9.17, 15) is 13.2 Å². The Labute approximate surface area is 146 Å². The van der Waals surface area contributed by atoms with Crippen LogP contribution in [-0.2, 0) is 14.6 Å². The lowest BCUT2D eigenvalue weighted by atomic mass is 10.1. The molecule has 0 fully saturated rings. The second kappa shape index (κ2) is 6.94.